The summed E-state index contributed by atoms with van der Waals surface area (Å²) in [5.74, 6) is 0. The van der Waals surface area contributed by atoms with E-state index < -0.39 is 0 Å². The van der Waals surface area contributed by atoms with E-state index in [0.717, 1.165) is 25.9 Å². The van der Waals surface area contributed by atoms with Gasteiger partial charge in [0.15, 0.2) is 5.13 Å². The predicted molar refractivity (Wildman–Crippen MR) is 85.8 cm³/mol. The van der Waals surface area contributed by atoms with Crippen molar-refractivity contribution in [1.82, 2.24) is 4.98 Å². The number of hydrogen-bond donors (Lipinski definition) is 1. The van der Waals surface area contributed by atoms with Crippen LogP contribution in [0.1, 0.15) is 5.56 Å². The van der Waals surface area contributed by atoms with E-state index >= 15 is 0 Å². The zero-order valence-electron chi connectivity index (χ0n) is 10.8. The van der Waals surface area contributed by atoms with Crippen molar-refractivity contribution in [2.75, 3.05) is 11.6 Å². The molecule has 0 aliphatic heterocycles. The molecule has 0 spiro atoms. The van der Waals surface area contributed by atoms with Gasteiger partial charge in [0.1, 0.15) is 6.07 Å². The zero-order chi connectivity index (χ0) is 13.9. The van der Waals surface area contributed by atoms with Gasteiger partial charge in [-0.15, -0.1) is 11.8 Å². The van der Waals surface area contributed by atoms with Crippen molar-refractivity contribution < 1.29 is 0 Å². The van der Waals surface area contributed by atoms with Gasteiger partial charge in [0.25, 0.3) is 0 Å². The molecule has 5 heteroatoms. The second-order valence-electron chi connectivity index (χ2n) is 4.11. The van der Waals surface area contributed by atoms with Gasteiger partial charge >= 0.3 is 0 Å². The molecule has 20 heavy (non-hydrogen) atoms. The maximum absolute atomic E-state index is 9.33. The Hall–Kier alpha value is -2.03. The first-order valence-electron chi connectivity index (χ1n) is 6.01. The molecule has 0 bridgehead atoms. The Morgan fingerprint density at radius 1 is 1.20 bits per heavy atom. The first-order chi connectivity index (χ1) is 9.81. The lowest BCUT2D eigenvalue weighted by molar-refractivity contribution is 1.35. The van der Waals surface area contributed by atoms with E-state index in [4.69, 9.17) is 0 Å². The molecule has 0 aliphatic rings. The molecule has 1 aromatic heterocycles. The fourth-order valence-corrected chi connectivity index (χ4v) is 3.41. The topological polar surface area (TPSA) is 48.7 Å². The van der Waals surface area contributed by atoms with Crippen LogP contribution in [0, 0.1) is 11.3 Å². The van der Waals surface area contributed by atoms with Gasteiger partial charge in [0, 0.05) is 4.90 Å². The molecule has 3 aromatic rings. The van der Waals surface area contributed by atoms with Crippen molar-refractivity contribution in [2.24, 2.45) is 0 Å². The third-order valence-corrected chi connectivity index (χ3v) is 4.63. The van der Waals surface area contributed by atoms with Crippen molar-refractivity contribution in [3.63, 3.8) is 0 Å². The minimum atomic E-state index is 0.666. The van der Waals surface area contributed by atoms with Crippen LogP contribution in [0.4, 0.5) is 10.8 Å². The van der Waals surface area contributed by atoms with Crippen molar-refractivity contribution >= 4 is 44.1 Å². The molecule has 0 saturated heterocycles. The molecule has 3 nitrogen and oxygen atoms in total. The molecule has 2 aromatic carbocycles. The number of para-hydroxylation sites is 1. The summed E-state index contributed by atoms with van der Waals surface area (Å²) in [5, 5.41) is 13.4. The number of nitrogens with zero attached hydrogens (tertiary/aromatic N) is 2. The van der Waals surface area contributed by atoms with Crippen LogP contribution < -0.4 is 5.32 Å². The van der Waals surface area contributed by atoms with Gasteiger partial charge in [-0.1, -0.05) is 29.5 Å². The van der Waals surface area contributed by atoms with E-state index in [1.54, 1.807) is 23.1 Å². The number of benzene rings is 2. The highest BCUT2D eigenvalue weighted by Gasteiger charge is 2.09. The zero-order valence-corrected chi connectivity index (χ0v) is 12.4. The molecular weight excluding hydrogens is 286 g/mol. The molecule has 98 valence electrons. The van der Waals surface area contributed by atoms with Gasteiger partial charge in [-0.3, -0.25) is 0 Å². The molecule has 3 rings (SSSR count). The highest BCUT2D eigenvalue weighted by molar-refractivity contribution is 7.98. The lowest BCUT2D eigenvalue weighted by Gasteiger charge is -2.07. The average Bonchev–Trinajstić information content (AvgIpc) is 2.89. The number of fused-ring (bicyclic) bond motifs is 1. The van der Waals surface area contributed by atoms with Crippen LogP contribution in [0.2, 0.25) is 0 Å². The van der Waals surface area contributed by atoms with Gasteiger partial charge < -0.3 is 5.32 Å². The molecular formula is C15H11N3S2. The third-order valence-electron chi connectivity index (χ3n) is 2.89. The molecule has 0 aliphatic carbocycles. The average molecular weight is 297 g/mol. The Kier molecular flexibility index (Phi) is 3.59. The summed E-state index contributed by atoms with van der Waals surface area (Å²) in [4.78, 5) is 5.50. The molecule has 0 radical (unpaired) electrons. The van der Waals surface area contributed by atoms with Gasteiger partial charge in [-0.2, -0.15) is 5.26 Å². The maximum atomic E-state index is 9.33. The second kappa shape index (κ2) is 5.53. The normalized spacial score (nSPS) is 10.4. The smallest absolute Gasteiger partial charge is 0.188 e. The van der Waals surface area contributed by atoms with Crippen LogP contribution in [0.15, 0.2) is 47.4 Å². The lowest BCUT2D eigenvalue weighted by atomic mass is 10.2. The van der Waals surface area contributed by atoms with Gasteiger partial charge in [-0.05, 0) is 30.5 Å². The minimum Gasteiger partial charge on any atom is -0.330 e. The number of nitriles is 1. The molecule has 0 atom stereocenters. The molecule has 0 fully saturated rings. The van der Waals surface area contributed by atoms with Crippen LogP contribution in [-0.2, 0) is 0 Å². The summed E-state index contributed by atoms with van der Waals surface area (Å²) in [7, 11) is 0. The Bertz CT molecular complexity index is 769. The van der Waals surface area contributed by atoms with Gasteiger partial charge in [0.2, 0.25) is 0 Å². The van der Waals surface area contributed by atoms with E-state index in [1.807, 2.05) is 48.7 Å². The highest BCUT2D eigenvalue weighted by Crippen LogP contribution is 2.32. The fourth-order valence-electron chi connectivity index (χ4n) is 1.96. The summed E-state index contributed by atoms with van der Waals surface area (Å²) >= 11 is 3.16. The molecule has 0 amide bonds. The summed E-state index contributed by atoms with van der Waals surface area (Å²) in [6.45, 7) is 0. The highest BCUT2D eigenvalue weighted by atomic mass is 32.2. The van der Waals surface area contributed by atoms with Crippen molar-refractivity contribution in [1.29, 1.82) is 5.26 Å². The molecule has 1 heterocycles. The standard InChI is InChI=1S/C15H11N3S2/c1-19-13-8-4-6-11(10(13)9-16)17-15-18-12-5-2-3-7-14(12)20-15/h2-8H,1H3,(H,17,18). The van der Waals surface area contributed by atoms with Crippen molar-refractivity contribution in [3.8, 4) is 6.07 Å². The molecule has 1 N–H and O–H groups in total. The SMILES string of the molecule is CSc1cccc(Nc2nc3ccccc3s2)c1C#N. The second-order valence-corrected chi connectivity index (χ2v) is 5.99. The van der Waals surface area contributed by atoms with Crippen LogP contribution in [0.5, 0.6) is 0 Å². The number of thiazole rings is 1. The number of rotatable bonds is 3. The van der Waals surface area contributed by atoms with E-state index in [0.29, 0.717) is 5.56 Å². The summed E-state index contributed by atoms with van der Waals surface area (Å²) < 4.78 is 1.13. The number of aromatic nitrogens is 1. The Labute approximate surface area is 125 Å². The van der Waals surface area contributed by atoms with E-state index in [9.17, 15) is 5.26 Å². The quantitative estimate of drug-likeness (QED) is 0.716. The first kappa shape index (κ1) is 13.0. The molecule has 0 unspecified atom stereocenters. The van der Waals surface area contributed by atoms with E-state index in [1.165, 1.54) is 0 Å². The molecule has 0 saturated carbocycles. The van der Waals surface area contributed by atoms with Gasteiger partial charge in [0.05, 0.1) is 21.5 Å². The third kappa shape index (κ3) is 2.36. The van der Waals surface area contributed by atoms with Gasteiger partial charge in [-0.25, -0.2) is 4.98 Å². The Morgan fingerprint density at radius 3 is 2.80 bits per heavy atom. The van der Waals surface area contributed by atoms with Crippen LogP contribution >= 0.6 is 23.1 Å². The predicted octanol–water partition coefficient (Wildman–Crippen LogP) is 4.63. The van der Waals surface area contributed by atoms with E-state index in [2.05, 4.69) is 16.4 Å². The number of anilines is 2. The number of nitrogens with one attached hydrogen (secondary N) is 1. The summed E-state index contributed by atoms with van der Waals surface area (Å²) in [6.07, 6.45) is 1.97. The first-order valence-corrected chi connectivity index (χ1v) is 8.05. The van der Waals surface area contributed by atoms with Crippen molar-refractivity contribution in [3.05, 3.63) is 48.0 Å². The monoisotopic (exact) mass is 297 g/mol. The lowest BCUT2D eigenvalue weighted by Crippen LogP contribution is -1.94. The maximum Gasteiger partial charge on any atom is 0.188 e. The van der Waals surface area contributed by atoms with Crippen LogP contribution in [0.3, 0.4) is 0 Å². The summed E-state index contributed by atoms with van der Waals surface area (Å²) in [5.41, 5.74) is 2.44. The van der Waals surface area contributed by atoms with E-state index in [-0.39, 0.29) is 0 Å². The Balaban J connectivity index is 2.01. The fraction of sp³-hybridized carbons (Fsp3) is 0.0667. The summed E-state index contributed by atoms with van der Waals surface area (Å²) in [6, 6.07) is 16.1. The van der Waals surface area contributed by atoms with Crippen molar-refractivity contribution in [2.45, 2.75) is 4.90 Å². The number of thioether (sulfide) groups is 1. The minimum absolute atomic E-state index is 0.666. The number of hydrogen-bond acceptors (Lipinski definition) is 5. The Morgan fingerprint density at radius 2 is 2.05 bits per heavy atom. The largest absolute Gasteiger partial charge is 0.330 e. The van der Waals surface area contributed by atoms with Crippen LogP contribution in [0.25, 0.3) is 10.2 Å². The van der Waals surface area contributed by atoms with Crippen LogP contribution in [-0.4, -0.2) is 11.2 Å².